The maximum absolute atomic E-state index is 12.4. The summed E-state index contributed by atoms with van der Waals surface area (Å²) in [7, 11) is 1.55. The lowest BCUT2D eigenvalue weighted by Gasteiger charge is -2.17. The third kappa shape index (κ3) is 4.70. The smallest absolute Gasteiger partial charge is 0.312 e. The first kappa shape index (κ1) is 19.5. The minimum Gasteiger partial charge on any atom is -0.497 e. The van der Waals surface area contributed by atoms with Crippen LogP contribution in [0, 0.1) is 5.92 Å². The average Bonchev–Trinajstić information content (AvgIpc) is 3.32. The summed E-state index contributed by atoms with van der Waals surface area (Å²) in [5.41, 5.74) is 0.564. The molecule has 0 saturated carbocycles. The first-order chi connectivity index (χ1) is 13.5. The molecule has 0 bridgehead atoms. The number of methoxy groups -OCH3 is 1. The van der Waals surface area contributed by atoms with E-state index in [1.807, 2.05) is 0 Å². The van der Waals surface area contributed by atoms with E-state index >= 15 is 0 Å². The number of nitrogens with one attached hydrogen (secondary N) is 1. The van der Waals surface area contributed by atoms with Crippen LogP contribution < -0.4 is 10.1 Å². The van der Waals surface area contributed by atoms with Crippen molar-refractivity contribution in [2.45, 2.75) is 26.0 Å². The van der Waals surface area contributed by atoms with Crippen LogP contribution in [-0.2, 0) is 25.7 Å². The quantitative estimate of drug-likeness (QED) is 0.733. The Balaban J connectivity index is 1.50. The van der Waals surface area contributed by atoms with E-state index in [0.29, 0.717) is 23.7 Å². The van der Waals surface area contributed by atoms with Crippen molar-refractivity contribution in [3.63, 3.8) is 0 Å². The second-order valence-corrected chi connectivity index (χ2v) is 6.55. The summed E-state index contributed by atoms with van der Waals surface area (Å²) < 4.78 is 15.6. The maximum Gasteiger partial charge on any atom is 0.312 e. The Morgan fingerprint density at radius 3 is 2.68 bits per heavy atom. The molecule has 0 radical (unpaired) electrons. The largest absolute Gasteiger partial charge is 0.497 e. The molecule has 1 aromatic carbocycles. The second-order valence-electron chi connectivity index (χ2n) is 6.55. The van der Waals surface area contributed by atoms with E-state index in [4.69, 9.17) is 13.9 Å². The van der Waals surface area contributed by atoms with Crippen molar-refractivity contribution in [3.8, 4) is 5.75 Å². The van der Waals surface area contributed by atoms with E-state index < -0.39 is 23.9 Å². The van der Waals surface area contributed by atoms with E-state index in [2.05, 4.69) is 5.32 Å². The monoisotopic (exact) mass is 386 g/mol. The van der Waals surface area contributed by atoms with Crippen LogP contribution in [0.1, 0.15) is 19.1 Å². The molecule has 0 aliphatic carbocycles. The zero-order chi connectivity index (χ0) is 20.1. The van der Waals surface area contributed by atoms with Crippen LogP contribution in [0.4, 0.5) is 5.69 Å². The first-order valence-electron chi connectivity index (χ1n) is 8.92. The van der Waals surface area contributed by atoms with Crippen LogP contribution >= 0.6 is 0 Å². The maximum atomic E-state index is 12.4. The van der Waals surface area contributed by atoms with Gasteiger partial charge in [-0.25, -0.2) is 0 Å². The lowest BCUT2D eigenvalue weighted by atomic mass is 10.1. The Kier molecular flexibility index (Phi) is 5.98. The van der Waals surface area contributed by atoms with E-state index in [0.717, 1.165) is 0 Å². The number of rotatable bonds is 7. The summed E-state index contributed by atoms with van der Waals surface area (Å²) in [6.07, 6.45) is 0.612. The average molecular weight is 386 g/mol. The Morgan fingerprint density at radius 1 is 1.29 bits per heavy atom. The third-order valence-corrected chi connectivity index (χ3v) is 4.49. The van der Waals surface area contributed by atoms with Crippen molar-refractivity contribution in [3.05, 3.63) is 48.4 Å². The number of carbonyl (C=O) groups excluding carboxylic acids is 3. The number of likely N-dealkylation sites (tertiary alicyclic amines) is 1. The van der Waals surface area contributed by atoms with Gasteiger partial charge in [0.05, 0.1) is 25.8 Å². The van der Waals surface area contributed by atoms with Crippen LogP contribution in [0.3, 0.4) is 0 Å². The highest BCUT2D eigenvalue weighted by molar-refractivity contribution is 5.95. The lowest BCUT2D eigenvalue weighted by molar-refractivity contribution is -0.157. The zero-order valence-electron chi connectivity index (χ0n) is 15.7. The minimum atomic E-state index is -0.983. The van der Waals surface area contributed by atoms with Gasteiger partial charge >= 0.3 is 5.97 Å². The summed E-state index contributed by atoms with van der Waals surface area (Å²) in [5, 5.41) is 2.67. The molecule has 2 amide bonds. The number of nitrogens with zero attached hydrogens (tertiary/aromatic N) is 1. The zero-order valence-corrected chi connectivity index (χ0v) is 15.7. The number of hydrogen-bond acceptors (Lipinski definition) is 6. The first-order valence-corrected chi connectivity index (χ1v) is 8.92. The number of ether oxygens (including phenoxy) is 2. The Bertz CT molecular complexity index is 831. The Hall–Kier alpha value is -3.29. The van der Waals surface area contributed by atoms with Crippen molar-refractivity contribution in [1.29, 1.82) is 0 Å². The molecule has 3 rings (SSSR count). The van der Waals surface area contributed by atoms with Gasteiger partial charge in [0.2, 0.25) is 5.91 Å². The van der Waals surface area contributed by atoms with Gasteiger partial charge in [0.25, 0.3) is 5.91 Å². The molecule has 1 N–H and O–H groups in total. The normalized spacial score (nSPS) is 17.3. The SMILES string of the molecule is COc1ccc(NC(=O)[C@@H](C)OC(=O)[C@H]2CC(=O)N(Cc3ccco3)C2)cc1. The van der Waals surface area contributed by atoms with E-state index in [1.54, 1.807) is 48.4 Å². The highest BCUT2D eigenvalue weighted by Crippen LogP contribution is 2.22. The molecule has 28 heavy (non-hydrogen) atoms. The topological polar surface area (TPSA) is 98.1 Å². The number of amides is 2. The third-order valence-electron chi connectivity index (χ3n) is 4.49. The molecule has 1 aromatic heterocycles. The van der Waals surface area contributed by atoms with E-state index in [-0.39, 0.29) is 18.9 Å². The van der Waals surface area contributed by atoms with E-state index in [1.165, 1.54) is 13.2 Å². The van der Waals surface area contributed by atoms with Crippen LogP contribution in [-0.4, -0.2) is 42.4 Å². The van der Waals surface area contributed by atoms with Crippen molar-refractivity contribution in [2.75, 3.05) is 19.0 Å². The highest BCUT2D eigenvalue weighted by Gasteiger charge is 2.36. The summed E-state index contributed by atoms with van der Waals surface area (Å²) in [6, 6.07) is 10.3. The fraction of sp³-hybridized carbons (Fsp3) is 0.350. The molecule has 1 fully saturated rings. The number of carbonyl (C=O) groups is 3. The summed E-state index contributed by atoms with van der Waals surface area (Å²) in [4.78, 5) is 38.3. The van der Waals surface area contributed by atoms with Gasteiger partial charge in [0.15, 0.2) is 6.10 Å². The molecule has 1 saturated heterocycles. The fourth-order valence-corrected chi connectivity index (χ4v) is 2.92. The van der Waals surface area contributed by atoms with Gasteiger partial charge < -0.3 is 24.1 Å². The van der Waals surface area contributed by atoms with Crippen LogP contribution in [0.25, 0.3) is 0 Å². The van der Waals surface area contributed by atoms with Gasteiger partial charge in [-0.15, -0.1) is 0 Å². The van der Waals surface area contributed by atoms with Gasteiger partial charge in [-0.3, -0.25) is 14.4 Å². The molecule has 2 aromatic rings. The molecule has 1 aliphatic rings. The molecule has 2 heterocycles. The van der Waals surface area contributed by atoms with Gasteiger partial charge in [-0.05, 0) is 43.3 Å². The number of anilines is 1. The van der Waals surface area contributed by atoms with Crippen molar-refractivity contribution in [1.82, 2.24) is 4.90 Å². The Morgan fingerprint density at radius 2 is 2.04 bits per heavy atom. The van der Waals surface area contributed by atoms with Gasteiger partial charge in [-0.2, -0.15) is 0 Å². The molecule has 8 nitrogen and oxygen atoms in total. The van der Waals surface area contributed by atoms with Crippen molar-refractivity contribution in [2.24, 2.45) is 5.92 Å². The molecule has 148 valence electrons. The number of benzene rings is 1. The summed E-state index contributed by atoms with van der Waals surface area (Å²) in [5.74, 6) is -0.438. The molecular formula is C20H22N2O6. The molecule has 2 atom stereocenters. The predicted octanol–water partition coefficient (Wildman–Crippen LogP) is 2.21. The van der Waals surface area contributed by atoms with Gasteiger partial charge in [-0.1, -0.05) is 0 Å². The molecule has 8 heteroatoms. The van der Waals surface area contributed by atoms with Crippen molar-refractivity contribution >= 4 is 23.5 Å². The molecule has 0 spiro atoms. The van der Waals surface area contributed by atoms with Gasteiger partial charge in [0, 0.05) is 18.7 Å². The molecule has 0 unspecified atom stereocenters. The Labute approximate surface area is 162 Å². The summed E-state index contributed by atoms with van der Waals surface area (Å²) in [6.45, 7) is 2.04. The van der Waals surface area contributed by atoms with Crippen LogP contribution in [0.5, 0.6) is 5.75 Å². The van der Waals surface area contributed by atoms with Crippen LogP contribution in [0.15, 0.2) is 47.1 Å². The van der Waals surface area contributed by atoms with Crippen LogP contribution in [0.2, 0.25) is 0 Å². The standard InChI is InChI=1S/C20H22N2O6/c1-13(19(24)21-15-5-7-16(26-2)8-6-15)28-20(25)14-10-18(23)22(11-14)12-17-4-3-9-27-17/h3-9,13-14H,10-12H2,1-2H3,(H,21,24)/t13-,14+/m1/s1. The highest BCUT2D eigenvalue weighted by atomic mass is 16.5. The lowest BCUT2D eigenvalue weighted by Crippen LogP contribution is -2.33. The van der Waals surface area contributed by atoms with Gasteiger partial charge in [0.1, 0.15) is 11.5 Å². The predicted molar refractivity (Wildman–Crippen MR) is 99.4 cm³/mol. The van der Waals surface area contributed by atoms with Crippen molar-refractivity contribution < 1.29 is 28.3 Å². The number of esters is 1. The summed E-state index contributed by atoms with van der Waals surface area (Å²) >= 11 is 0. The van der Waals surface area contributed by atoms with E-state index in [9.17, 15) is 14.4 Å². The second kappa shape index (κ2) is 8.60. The fourth-order valence-electron chi connectivity index (χ4n) is 2.92. The number of furan rings is 1. The minimum absolute atomic E-state index is 0.0619. The molecule has 1 aliphatic heterocycles. The number of hydrogen-bond donors (Lipinski definition) is 1. The molecular weight excluding hydrogens is 364 g/mol.